The van der Waals surface area contributed by atoms with Gasteiger partial charge in [0.25, 0.3) is 0 Å². The van der Waals surface area contributed by atoms with Crippen LogP contribution in [0.5, 0.6) is 5.88 Å². The van der Waals surface area contributed by atoms with Gasteiger partial charge in [-0.3, -0.25) is 0 Å². The van der Waals surface area contributed by atoms with E-state index >= 15 is 0 Å². The third kappa shape index (κ3) is 4.00. The van der Waals surface area contributed by atoms with Crippen molar-refractivity contribution >= 4 is 11.6 Å². The highest BCUT2D eigenvalue weighted by Gasteiger charge is 2.01. The third-order valence-corrected chi connectivity index (χ3v) is 2.68. The van der Waals surface area contributed by atoms with Gasteiger partial charge < -0.3 is 4.74 Å². The fraction of sp³-hybridized carbons (Fsp3) is 0.286. The van der Waals surface area contributed by atoms with Gasteiger partial charge in [0.15, 0.2) is 0 Å². The molecule has 0 bridgehead atoms. The summed E-state index contributed by atoms with van der Waals surface area (Å²) in [6.07, 6.45) is 1.95. The first-order chi connectivity index (χ1) is 8.74. The molecule has 0 saturated heterocycles. The predicted molar refractivity (Wildman–Crippen MR) is 72.0 cm³/mol. The molecule has 3 nitrogen and oxygen atoms in total. The Bertz CT molecular complexity index is 482. The molecule has 0 atom stereocenters. The zero-order valence-corrected chi connectivity index (χ0v) is 11.0. The molecule has 0 aliphatic rings. The molecule has 2 aromatic rings. The van der Waals surface area contributed by atoms with Crippen LogP contribution in [0.1, 0.15) is 17.7 Å². The highest BCUT2D eigenvalue weighted by atomic mass is 35.5. The number of halogens is 1. The molecular weight excluding hydrogens is 248 g/mol. The van der Waals surface area contributed by atoms with Gasteiger partial charge in [-0.15, -0.1) is 0 Å². The summed E-state index contributed by atoms with van der Waals surface area (Å²) < 4.78 is 5.55. The summed E-state index contributed by atoms with van der Waals surface area (Å²) in [7, 11) is 0. The largest absolute Gasteiger partial charge is 0.478 e. The topological polar surface area (TPSA) is 35.0 Å². The molecule has 0 saturated carbocycles. The molecule has 94 valence electrons. The lowest BCUT2D eigenvalue weighted by atomic mass is 10.1. The van der Waals surface area contributed by atoms with E-state index in [1.807, 2.05) is 25.1 Å². The maximum absolute atomic E-state index is 5.76. The Hall–Kier alpha value is -1.61. The van der Waals surface area contributed by atoms with Crippen molar-refractivity contribution in [2.24, 2.45) is 0 Å². The lowest BCUT2D eigenvalue weighted by molar-refractivity contribution is 0.298. The highest BCUT2D eigenvalue weighted by Crippen LogP contribution is 2.12. The number of rotatable bonds is 5. The number of aryl methyl sites for hydroxylation is 2. The summed E-state index contributed by atoms with van der Waals surface area (Å²) in [4.78, 5) is 8.00. The van der Waals surface area contributed by atoms with Crippen LogP contribution >= 0.6 is 11.6 Å². The standard InChI is InChI=1S/C14H15ClN2O/c1-11-10-13(17-14(15)16-11)18-9-5-8-12-6-3-2-4-7-12/h2-4,6-7,10H,5,8-9H2,1H3. The molecule has 1 aromatic carbocycles. The summed E-state index contributed by atoms with van der Waals surface area (Å²) >= 11 is 5.76. The first-order valence-electron chi connectivity index (χ1n) is 5.92. The van der Waals surface area contributed by atoms with Crippen molar-refractivity contribution in [3.05, 3.63) is 52.9 Å². The van der Waals surface area contributed by atoms with E-state index in [1.54, 1.807) is 6.07 Å². The number of hydrogen-bond acceptors (Lipinski definition) is 3. The Kier molecular flexibility index (Phi) is 4.53. The third-order valence-electron chi connectivity index (χ3n) is 2.51. The van der Waals surface area contributed by atoms with Gasteiger partial charge in [0.2, 0.25) is 11.2 Å². The van der Waals surface area contributed by atoms with Crippen LogP contribution in [-0.4, -0.2) is 16.6 Å². The van der Waals surface area contributed by atoms with Crippen molar-refractivity contribution in [3.63, 3.8) is 0 Å². The van der Waals surface area contributed by atoms with Gasteiger partial charge in [-0.1, -0.05) is 30.3 Å². The van der Waals surface area contributed by atoms with E-state index in [0.717, 1.165) is 18.5 Å². The molecule has 0 aliphatic heterocycles. The van der Waals surface area contributed by atoms with E-state index in [4.69, 9.17) is 16.3 Å². The minimum Gasteiger partial charge on any atom is -0.478 e. The molecule has 18 heavy (non-hydrogen) atoms. The van der Waals surface area contributed by atoms with Gasteiger partial charge >= 0.3 is 0 Å². The van der Waals surface area contributed by atoms with Gasteiger partial charge in [-0.2, -0.15) is 4.98 Å². The summed E-state index contributed by atoms with van der Waals surface area (Å²) in [6, 6.07) is 12.1. The van der Waals surface area contributed by atoms with Gasteiger partial charge in [0.1, 0.15) is 0 Å². The van der Waals surface area contributed by atoms with Gasteiger partial charge in [0, 0.05) is 11.8 Å². The average molecular weight is 263 g/mol. The Morgan fingerprint density at radius 3 is 2.67 bits per heavy atom. The molecule has 2 rings (SSSR count). The minimum atomic E-state index is 0.230. The molecule has 0 N–H and O–H groups in total. The van der Waals surface area contributed by atoms with E-state index < -0.39 is 0 Å². The van der Waals surface area contributed by atoms with Crippen LogP contribution in [0.2, 0.25) is 5.28 Å². The second-order valence-electron chi connectivity index (χ2n) is 4.05. The van der Waals surface area contributed by atoms with Crippen LogP contribution in [0.25, 0.3) is 0 Å². The zero-order valence-electron chi connectivity index (χ0n) is 10.3. The number of aromatic nitrogens is 2. The normalized spacial score (nSPS) is 10.3. The minimum absolute atomic E-state index is 0.230. The van der Waals surface area contributed by atoms with Crippen LogP contribution in [-0.2, 0) is 6.42 Å². The number of nitrogens with zero attached hydrogens (tertiary/aromatic N) is 2. The van der Waals surface area contributed by atoms with Crippen LogP contribution < -0.4 is 4.74 Å². The van der Waals surface area contributed by atoms with Crippen molar-refractivity contribution in [2.45, 2.75) is 19.8 Å². The summed E-state index contributed by atoms with van der Waals surface area (Å²) in [5, 5.41) is 0.230. The second kappa shape index (κ2) is 6.36. The zero-order chi connectivity index (χ0) is 12.8. The molecule has 4 heteroatoms. The SMILES string of the molecule is Cc1cc(OCCCc2ccccc2)nc(Cl)n1. The first kappa shape index (κ1) is 12.8. The average Bonchev–Trinajstić information content (AvgIpc) is 2.35. The maximum atomic E-state index is 5.76. The van der Waals surface area contributed by atoms with Gasteiger partial charge in [-0.05, 0) is 36.9 Å². The quantitative estimate of drug-likeness (QED) is 0.611. The molecule has 1 heterocycles. The molecule has 0 unspecified atom stereocenters. The van der Waals surface area contributed by atoms with Crippen molar-refractivity contribution in [1.82, 2.24) is 9.97 Å². The van der Waals surface area contributed by atoms with Gasteiger partial charge in [-0.25, -0.2) is 4.98 Å². The second-order valence-corrected chi connectivity index (χ2v) is 4.39. The molecule has 1 aromatic heterocycles. The molecule has 0 spiro atoms. The monoisotopic (exact) mass is 262 g/mol. The van der Waals surface area contributed by atoms with Crippen LogP contribution in [0, 0.1) is 6.92 Å². The molecular formula is C14H15ClN2O. The maximum Gasteiger partial charge on any atom is 0.225 e. The van der Waals surface area contributed by atoms with Crippen molar-refractivity contribution in [3.8, 4) is 5.88 Å². The van der Waals surface area contributed by atoms with Crippen molar-refractivity contribution in [1.29, 1.82) is 0 Å². The Morgan fingerprint density at radius 1 is 1.17 bits per heavy atom. The lowest BCUT2D eigenvalue weighted by Gasteiger charge is -2.06. The van der Waals surface area contributed by atoms with E-state index in [2.05, 4.69) is 22.1 Å². The van der Waals surface area contributed by atoms with Crippen LogP contribution in [0.3, 0.4) is 0 Å². The van der Waals surface area contributed by atoms with Crippen LogP contribution in [0.4, 0.5) is 0 Å². The van der Waals surface area contributed by atoms with Gasteiger partial charge in [0.05, 0.1) is 6.61 Å². The Morgan fingerprint density at radius 2 is 1.94 bits per heavy atom. The lowest BCUT2D eigenvalue weighted by Crippen LogP contribution is -2.02. The Labute approximate surface area is 112 Å². The van der Waals surface area contributed by atoms with Crippen LogP contribution in [0.15, 0.2) is 36.4 Å². The number of hydrogen-bond donors (Lipinski definition) is 0. The predicted octanol–water partition coefficient (Wildman–Crippen LogP) is 3.45. The first-order valence-corrected chi connectivity index (χ1v) is 6.30. The number of ether oxygens (including phenoxy) is 1. The van der Waals surface area contributed by atoms with Crippen molar-refractivity contribution < 1.29 is 4.74 Å². The number of benzene rings is 1. The molecule has 0 amide bonds. The van der Waals surface area contributed by atoms with E-state index in [9.17, 15) is 0 Å². The fourth-order valence-corrected chi connectivity index (χ4v) is 1.89. The summed E-state index contributed by atoms with van der Waals surface area (Å²) in [6.45, 7) is 2.49. The van der Waals surface area contributed by atoms with E-state index in [-0.39, 0.29) is 5.28 Å². The fourth-order valence-electron chi connectivity index (χ4n) is 1.68. The highest BCUT2D eigenvalue weighted by molar-refractivity contribution is 6.28. The van der Waals surface area contributed by atoms with Crippen molar-refractivity contribution in [2.75, 3.05) is 6.61 Å². The molecule has 0 fully saturated rings. The molecule has 0 radical (unpaired) electrons. The van der Waals surface area contributed by atoms with E-state index in [0.29, 0.717) is 12.5 Å². The smallest absolute Gasteiger partial charge is 0.225 e. The molecule has 0 aliphatic carbocycles. The summed E-state index contributed by atoms with van der Waals surface area (Å²) in [5.41, 5.74) is 2.13. The van der Waals surface area contributed by atoms with E-state index in [1.165, 1.54) is 5.56 Å². The Balaban J connectivity index is 1.78. The summed E-state index contributed by atoms with van der Waals surface area (Å²) in [5.74, 6) is 0.542.